The molecule has 1 aliphatic carbocycles. The minimum Gasteiger partial charge on any atom is -0.394 e. The van der Waals surface area contributed by atoms with E-state index in [4.69, 9.17) is 5.11 Å². The average molecular weight is 332 g/mol. The van der Waals surface area contributed by atoms with Crippen molar-refractivity contribution < 1.29 is 5.11 Å². The van der Waals surface area contributed by atoms with Gasteiger partial charge in [0, 0.05) is 26.2 Å². The lowest BCUT2D eigenvalue weighted by Gasteiger charge is -2.32. The summed E-state index contributed by atoms with van der Waals surface area (Å²) < 4.78 is 1.72. The molecule has 0 aromatic carbocycles. The summed E-state index contributed by atoms with van der Waals surface area (Å²) in [6.45, 7) is 2.45. The van der Waals surface area contributed by atoms with Crippen LogP contribution in [-0.2, 0) is 6.54 Å². The molecule has 1 aliphatic rings. The molecule has 0 bridgehead atoms. The Morgan fingerprint density at radius 2 is 1.96 bits per heavy atom. The topological polar surface area (TPSA) is 70.3 Å². The summed E-state index contributed by atoms with van der Waals surface area (Å²) in [5, 5.41) is 14.4. The van der Waals surface area contributed by atoms with Crippen molar-refractivity contribution in [2.45, 2.75) is 44.7 Å². The lowest BCUT2D eigenvalue weighted by Crippen LogP contribution is -2.38. The van der Waals surface area contributed by atoms with Crippen molar-refractivity contribution in [2.75, 3.05) is 38.7 Å². The molecular weight excluding hydrogens is 304 g/mol. The number of likely N-dealkylation sites (N-methyl/N-ethyl adjacent to an activating group) is 2. The Balaban J connectivity index is 1.66. The molecule has 3 rings (SSSR count). The quantitative estimate of drug-likeness (QED) is 0.829. The summed E-state index contributed by atoms with van der Waals surface area (Å²) in [4.78, 5) is 13.4. The molecule has 0 aliphatic heterocycles. The molecular formula is C17H28N6O. The molecule has 1 N–H and O–H groups in total. The average Bonchev–Trinajstić information content (AvgIpc) is 3.03. The molecule has 0 atom stereocenters. The van der Waals surface area contributed by atoms with Crippen molar-refractivity contribution in [3.8, 4) is 0 Å². The fraction of sp³-hybridized carbons (Fsp3) is 0.706. The van der Waals surface area contributed by atoms with Crippen molar-refractivity contribution in [3.63, 3.8) is 0 Å². The number of hydrogen-bond donors (Lipinski definition) is 1. The highest BCUT2D eigenvalue weighted by Crippen LogP contribution is 2.23. The molecule has 0 radical (unpaired) electrons. The number of fused-ring (bicyclic) bond motifs is 1. The predicted octanol–water partition coefficient (Wildman–Crippen LogP) is 1.52. The number of anilines is 1. The summed E-state index contributed by atoms with van der Waals surface area (Å²) in [6, 6.07) is 0.727. The minimum absolute atomic E-state index is 0.0537. The van der Waals surface area contributed by atoms with Crippen molar-refractivity contribution in [1.29, 1.82) is 0 Å². The van der Waals surface area contributed by atoms with Gasteiger partial charge in [0.25, 0.3) is 0 Å². The third-order valence-corrected chi connectivity index (χ3v) is 5.07. The smallest absolute Gasteiger partial charge is 0.163 e. The lowest BCUT2D eigenvalue weighted by atomic mass is 9.94. The fourth-order valence-electron chi connectivity index (χ4n) is 3.56. The number of aliphatic hydroxyl groups excluding tert-OH is 1. The largest absolute Gasteiger partial charge is 0.394 e. The van der Waals surface area contributed by atoms with Crippen LogP contribution in [0, 0.1) is 0 Å². The van der Waals surface area contributed by atoms with Crippen molar-refractivity contribution in [2.24, 2.45) is 0 Å². The summed E-state index contributed by atoms with van der Waals surface area (Å²) >= 11 is 0. The first-order chi connectivity index (χ1) is 11.7. The van der Waals surface area contributed by atoms with Crippen molar-refractivity contribution in [3.05, 3.63) is 12.5 Å². The molecule has 0 amide bonds. The van der Waals surface area contributed by atoms with Gasteiger partial charge in [0.05, 0.1) is 24.7 Å². The molecule has 2 heterocycles. The standard InChI is InChI=1S/C17H28N6O/c1-21(14-6-4-3-5-7-14)8-9-22(2)16-15-12-20-23(10-11-24)17(15)19-13-18-16/h12-14,24H,3-11H2,1-2H3. The van der Waals surface area contributed by atoms with Crippen LogP contribution in [0.5, 0.6) is 0 Å². The second-order valence-electron chi connectivity index (χ2n) is 6.72. The minimum atomic E-state index is 0.0537. The maximum atomic E-state index is 9.12. The molecule has 2 aromatic heterocycles. The van der Waals surface area contributed by atoms with Crippen LogP contribution in [0.1, 0.15) is 32.1 Å². The van der Waals surface area contributed by atoms with E-state index in [0.717, 1.165) is 36.0 Å². The molecule has 1 saturated carbocycles. The summed E-state index contributed by atoms with van der Waals surface area (Å²) in [6.07, 6.45) is 10.1. The van der Waals surface area contributed by atoms with E-state index in [1.165, 1.54) is 32.1 Å². The molecule has 24 heavy (non-hydrogen) atoms. The Morgan fingerprint density at radius 3 is 2.71 bits per heavy atom. The number of rotatable bonds is 7. The van der Waals surface area contributed by atoms with Crippen LogP contribution in [0.25, 0.3) is 11.0 Å². The van der Waals surface area contributed by atoms with Crippen LogP contribution in [0.4, 0.5) is 5.82 Å². The Kier molecular flexibility index (Phi) is 5.63. The van der Waals surface area contributed by atoms with Crippen LogP contribution in [0.2, 0.25) is 0 Å². The van der Waals surface area contributed by atoms with Gasteiger partial charge in [-0.3, -0.25) is 0 Å². The van der Waals surface area contributed by atoms with Crippen LogP contribution in [-0.4, -0.2) is 69.6 Å². The van der Waals surface area contributed by atoms with Crippen LogP contribution >= 0.6 is 0 Å². The zero-order valence-corrected chi connectivity index (χ0v) is 14.7. The third kappa shape index (κ3) is 3.67. The first-order valence-corrected chi connectivity index (χ1v) is 8.89. The van der Waals surface area contributed by atoms with Gasteiger partial charge in [0.1, 0.15) is 12.1 Å². The Morgan fingerprint density at radius 1 is 1.17 bits per heavy atom. The summed E-state index contributed by atoms with van der Waals surface area (Å²) in [5.74, 6) is 0.904. The molecule has 0 unspecified atom stereocenters. The lowest BCUT2D eigenvalue weighted by molar-refractivity contribution is 0.196. The van der Waals surface area contributed by atoms with Gasteiger partial charge in [0.15, 0.2) is 5.65 Å². The number of aromatic nitrogens is 4. The van der Waals surface area contributed by atoms with Crippen LogP contribution < -0.4 is 4.90 Å². The third-order valence-electron chi connectivity index (χ3n) is 5.07. The zero-order chi connectivity index (χ0) is 16.9. The Bertz CT molecular complexity index is 652. The highest BCUT2D eigenvalue weighted by atomic mass is 16.3. The maximum absolute atomic E-state index is 9.12. The van der Waals surface area contributed by atoms with Gasteiger partial charge in [-0.25, -0.2) is 14.6 Å². The van der Waals surface area contributed by atoms with Gasteiger partial charge in [-0.15, -0.1) is 0 Å². The van der Waals surface area contributed by atoms with E-state index in [-0.39, 0.29) is 6.61 Å². The molecule has 0 spiro atoms. The van der Waals surface area contributed by atoms with E-state index in [9.17, 15) is 0 Å². The number of hydrogen-bond acceptors (Lipinski definition) is 6. The molecule has 132 valence electrons. The number of aliphatic hydroxyl groups is 1. The predicted molar refractivity (Wildman–Crippen MR) is 95.2 cm³/mol. The molecule has 0 saturated heterocycles. The van der Waals surface area contributed by atoms with E-state index in [1.54, 1.807) is 17.2 Å². The zero-order valence-electron chi connectivity index (χ0n) is 14.7. The molecule has 1 fully saturated rings. The van der Waals surface area contributed by atoms with E-state index in [0.29, 0.717) is 6.54 Å². The van der Waals surface area contributed by atoms with E-state index < -0.39 is 0 Å². The van der Waals surface area contributed by atoms with Gasteiger partial charge < -0.3 is 14.9 Å². The van der Waals surface area contributed by atoms with Gasteiger partial charge in [-0.05, 0) is 19.9 Å². The highest BCUT2D eigenvalue weighted by molar-refractivity contribution is 5.86. The van der Waals surface area contributed by atoms with Gasteiger partial charge in [0.2, 0.25) is 0 Å². The second kappa shape index (κ2) is 7.90. The monoisotopic (exact) mass is 332 g/mol. The van der Waals surface area contributed by atoms with E-state index >= 15 is 0 Å². The highest BCUT2D eigenvalue weighted by Gasteiger charge is 2.19. The Hall–Kier alpha value is -1.73. The molecule has 7 nitrogen and oxygen atoms in total. The second-order valence-corrected chi connectivity index (χ2v) is 6.72. The normalized spacial score (nSPS) is 16.2. The first-order valence-electron chi connectivity index (χ1n) is 8.89. The Labute approximate surface area is 143 Å². The number of nitrogens with zero attached hydrogens (tertiary/aromatic N) is 6. The summed E-state index contributed by atoms with van der Waals surface area (Å²) in [5.41, 5.74) is 0.779. The van der Waals surface area contributed by atoms with E-state index in [1.807, 2.05) is 0 Å². The van der Waals surface area contributed by atoms with Crippen LogP contribution in [0.3, 0.4) is 0 Å². The van der Waals surface area contributed by atoms with E-state index in [2.05, 4.69) is 39.0 Å². The van der Waals surface area contributed by atoms with Gasteiger partial charge in [-0.1, -0.05) is 19.3 Å². The molecule has 2 aromatic rings. The van der Waals surface area contributed by atoms with Crippen LogP contribution in [0.15, 0.2) is 12.5 Å². The molecule has 7 heteroatoms. The maximum Gasteiger partial charge on any atom is 0.163 e. The van der Waals surface area contributed by atoms with Gasteiger partial charge >= 0.3 is 0 Å². The summed E-state index contributed by atoms with van der Waals surface area (Å²) in [7, 11) is 4.30. The van der Waals surface area contributed by atoms with Crippen molar-refractivity contribution >= 4 is 16.9 Å². The first kappa shape index (κ1) is 17.1. The van der Waals surface area contributed by atoms with Gasteiger partial charge in [-0.2, -0.15) is 5.10 Å². The fourth-order valence-corrected chi connectivity index (χ4v) is 3.56. The van der Waals surface area contributed by atoms with Crippen molar-refractivity contribution in [1.82, 2.24) is 24.6 Å². The SMILES string of the molecule is CN(CCN(C)C1CCCCC1)c1ncnc2c1cnn2CCO.